The molecule has 2 bridgehead atoms. The van der Waals surface area contributed by atoms with E-state index in [-0.39, 0.29) is 0 Å². The molecule has 0 nitrogen and oxygen atoms in total. The van der Waals surface area contributed by atoms with Crippen molar-refractivity contribution in [3.8, 4) is 0 Å². The Bertz CT molecular complexity index is 145. The van der Waals surface area contributed by atoms with Gasteiger partial charge < -0.3 is 0 Å². The van der Waals surface area contributed by atoms with Crippen molar-refractivity contribution in [3.05, 3.63) is 0 Å². The summed E-state index contributed by atoms with van der Waals surface area (Å²) in [5.74, 6) is 6.03. The average molecular weight is 136 g/mol. The number of fused-ring (bicyclic) bond motifs is 5. The van der Waals surface area contributed by atoms with Crippen LogP contribution in [-0.2, 0) is 0 Å². The molecule has 4 atom stereocenters. The third-order valence-corrected chi connectivity index (χ3v) is 4.37. The Hall–Kier alpha value is 0. The Morgan fingerprint density at radius 1 is 1.10 bits per heavy atom. The SMILES string of the molecule is CCC1C2C3CCC(C3)C12. The molecule has 3 aliphatic carbocycles. The maximum atomic E-state index is 2.38. The van der Waals surface area contributed by atoms with Gasteiger partial charge in [-0.25, -0.2) is 0 Å². The minimum absolute atomic E-state index is 1.19. The fraction of sp³-hybridized carbons (Fsp3) is 1.00. The highest BCUT2D eigenvalue weighted by molar-refractivity contribution is 5.11. The normalized spacial score (nSPS) is 62.7. The summed E-state index contributed by atoms with van der Waals surface area (Å²) in [5, 5.41) is 0. The lowest BCUT2D eigenvalue weighted by atomic mass is 10.0. The van der Waals surface area contributed by atoms with Crippen LogP contribution in [0.25, 0.3) is 0 Å². The van der Waals surface area contributed by atoms with Crippen LogP contribution < -0.4 is 0 Å². The van der Waals surface area contributed by atoms with Gasteiger partial charge in [-0.05, 0) is 48.9 Å². The van der Waals surface area contributed by atoms with Gasteiger partial charge in [-0.3, -0.25) is 0 Å². The third kappa shape index (κ3) is 0.466. The molecular formula is C10H16. The molecule has 3 fully saturated rings. The lowest BCUT2D eigenvalue weighted by molar-refractivity contribution is 0.456. The van der Waals surface area contributed by atoms with Crippen molar-refractivity contribution in [1.82, 2.24) is 0 Å². The number of hydrogen-bond acceptors (Lipinski definition) is 0. The van der Waals surface area contributed by atoms with E-state index in [1.807, 2.05) is 0 Å². The average Bonchev–Trinajstić information content (AvgIpc) is 2.36. The number of hydrogen-bond donors (Lipinski definition) is 0. The molecule has 0 N–H and O–H groups in total. The van der Waals surface area contributed by atoms with Gasteiger partial charge in [-0.1, -0.05) is 13.3 Å². The molecule has 0 aromatic rings. The van der Waals surface area contributed by atoms with Gasteiger partial charge in [0.1, 0.15) is 0 Å². The summed E-state index contributed by atoms with van der Waals surface area (Å²) in [6.07, 6.45) is 6.26. The first-order chi connectivity index (χ1) is 4.92. The van der Waals surface area contributed by atoms with E-state index in [1.54, 1.807) is 19.3 Å². The van der Waals surface area contributed by atoms with E-state index in [9.17, 15) is 0 Å². The summed E-state index contributed by atoms with van der Waals surface area (Å²) in [6, 6.07) is 0. The second-order valence-corrected chi connectivity index (χ2v) is 4.56. The molecule has 3 rings (SSSR count). The lowest BCUT2D eigenvalue weighted by Crippen LogP contribution is -1.96. The zero-order chi connectivity index (χ0) is 6.72. The molecule has 0 amide bonds. The first kappa shape index (κ1) is 5.62. The summed E-state index contributed by atoms with van der Waals surface area (Å²) >= 11 is 0. The quantitative estimate of drug-likeness (QED) is 0.520. The fourth-order valence-electron chi connectivity index (χ4n) is 4.05. The van der Waals surface area contributed by atoms with Crippen molar-refractivity contribution in [3.63, 3.8) is 0 Å². The molecular weight excluding hydrogens is 120 g/mol. The van der Waals surface area contributed by atoms with E-state index in [0.717, 1.165) is 0 Å². The molecule has 0 aromatic carbocycles. The second-order valence-electron chi connectivity index (χ2n) is 4.56. The van der Waals surface area contributed by atoms with Crippen LogP contribution in [0.15, 0.2) is 0 Å². The first-order valence-corrected chi connectivity index (χ1v) is 4.92. The van der Waals surface area contributed by atoms with Gasteiger partial charge in [-0.15, -0.1) is 0 Å². The van der Waals surface area contributed by atoms with E-state index >= 15 is 0 Å². The van der Waals surface area contributed by atoms with Crippen molar-refractivity contribution in [2.24, 2.45) is 29.6 Å². The van der Waals surface area contributed by atoms with Crippen LogP contribution in [-0.4, -0.2) is 0 Å². The van der Waals surface area contributed by atoms with E-state index in [1.165, 1.54) is 36.0 Å². The van der Waals surface area contributed by atoms with Gasteiger partial charge in [0.2, 0.25) is 0 Å². The lowest BCUT2D eigenvalue weighted by Gasteiger charge is -2.04. The van der Waals surface area contributed by atoms with Crippen molar-refractivity contribution in [1.29, 1.82) is 0 Å². The monoisotopic (exact) mass is 136 g/mol. The van der Waals surface area contributed by atoms with Crippen LogP contribution in [0.4, 0.5) is 0 Å². The molecule has 4 unspecified atom stereocenters. The molecule has 0 spiro atoms. The Labute approximate surface area is 63.0 Å². The predicted molar refractivity (Wildman–Crippen MR) is 41.6 cm³/mol. The topological polar surface area (TPSA) is 0 Å². The summed E-state index contributed by atoms with van der Waals surface area (Å²) in [5.41, 5.74) is 0. The predicted octanol–water partition coefficient (Wildman–Crippen LogP) is 2.69. The van der Waals surface area contributed by atoms with E-state index in [4.69, 9.17) is 0 Å². The Kier molecular flexibility index (Phi) is 0.898. The minimum Gasteiger partial charge on any atom is -0.0651 e. The van der Waals surface area contributed by atoms with Crippen molar-refractivity contribution in [2.45, 2.75) is 32.6 Å². The first-order valence-electron chi connectivity index (χ1n) is 4.92. The maximum absolute atomic E-state index is 2.38. The zero-order valence-electron chi connectivity index (χ0n) is 6.72. The summed E-state index contributed by atoms with van der Waals surface area (Å²) in [7, 11) is 0. The van der Waals surface area contributed by atoms with Crippen molar-refractivity contribution in [2.75, 3.05) is 0 Å². The van der Waals surface area contributed by atoms with Crippen molar-refractivity contribution < 1.29 is 0 Å². The highest BCUT2D eigenvalue weighted by atomic mass is 14.7. The van der Waals surface area contributed by atoms with Gasteiger partial charge in [-0.2, -0.15) is 0 Å². The standard InChI is InChI=1S/C10H16/c1-2-8-9-6-3-4-7(5-6)10(8)9/h6-10H,2-5H2,1H3. The van der Waals surface area contributed by atoms with E-state index < -0.39 is 0 Å². The molecule has 0 saturated heterocycles. The molecule has 0 aromatic heterocycles. The van der Waals surface area contributed by atoms with Crippen molar-refractivity contribution >= 4 is 0 Å². The van der Waals surface area contributed by atoms with Gasteiger partial charge in [0.25, 0.3) is 0 Å². The van der Waals surface area contributed by atoms with Gasteiger partial charge in [0.15, 0.2) is 0 Å². The highest BCUT2D eigenvalue weighted by Gasteiger charge is 2.63. The second kappa shape index (κ2) is 1.60. The summed E-state index contributed by atoms with van der Waals surface area (Å²) in [4.78, 5) is 0. The zero-order valence-corrected chi connectivity index (χ0v) is 6.72. The van der Waals surface area contributed by atoms with Crippen LogP contribution in [0.5, 0.6) is 0 Å². The van der Waals surface area contributed by atoms with Crippen LogP contribution in [0.2, 0.25) is 0 Å². The Balaban J connectivity index is 1.84. The molecule has 3 aliphatic rings. The van der Waals surface area contributed by atoms with Gasteiger partial charge in [0, 0.05) is 0 Å². The van der Waals surface area contributed by atoms with E-state index in [2.05, 4.69) is 6.92 Å². The van der Waals surface area contributed by atoms with Crippen LogP contribution in [0, 0.1) is 29.6 Å². The van der Waals surface area contributed by atoms with Crippen LogP contribution in [0.3, 0.4) is 0 Å². The minimum atomic E-state index is 1.19. The summed E-state index contributed by atoms with van der Waals surface area (Å²) in [6.45, 7) is 2.38. The highest BCUT2D eigenvalue weighted by Crippen LogP contribution is 2.70. The smallest absolute Gasteiger partial charge is 0.0321 e. The summed E-state index contributed by atoms with van der Waals surface area (Å²) < 4.78 is 0. The fourth-order valence-corrected chi connectivity index (χ4v) is 4.05. The Morgan fingerprint density at radius 2 is 1.70 bits per heavy atom. The Morgan fingerprint density at radius 3 is 2.20 bits per heavy atom. The molecule has 0 heteroatoms. The van der Waals surface area contributed by atoms with Gasteiger partial charge in [0.05, 0.1) is 0 Å². The van der Waals surface area contributed by atoms with Crippen LogP contribution >= 0.6 is 0 Å². The number of rotatable bonds is 1. The maximum Gasteiger partial charge on any atom is -0.0321 e. The van der Waals surface area contributed by atoms with E-state index in [0.29, 0.717) is 0 Å². The third-order valence-electron chi connectivity index (χ3n) is 4.37. The van der Waals surface area contributed by atoms with Crippen LogP contribution in [0.1, 0.15) is 32.6 Å². The van der Waals surface area contributed by atoms with Gasteiger partial charge >= 0.3 is 0 Å². The molecule has 10 heavy (non-hydrogen) atoms. The molecule has 0 radical (unpaired) electrons. The molecule has 0 heterocycles. The molecule has 3 saturated carbocycles. The molecule has 0 aliphatic heterocycles. The largest absolute Gasteiger partial charge is 0.0651 e. The molecule has 56 valence electrons.